The second-order valence-electron chi connectivity index (χ2n) is 4.50. The van der Waals surface area contributed by atoms with Gasteiger partial charge in [-0.2, -0.15) is 5.10 Å². The minimum absolute atomic E-state index is 0.283. The third-order valence-corrected chi connectivity index (χ3v) is 3.21. The summed E-state index contributed by atoms with van der Waals surface area (Å²) in [7, 11) is 0. The Morgan fingerprint density at radius 3 is 2.81 bits per heavy atom. The zero-order valence-electron chi connectivity index (χ0n) is 9.83. The van der Waals surface area contributed by atoms with Gasteiger partial charge in [0.25, 0.3) is 0 Å². The van der Waals surface area contributed by atoms with E-state index in [2.05, 4.69) is 23.9 Å². The molecule has 1 aliphatic heterocycles. The van der Waals surface area contributed by atoms with E-state index in [-0.39, 0.29) is 12.1 Å². The van der Waals surface area contributed by atoms with Crippen molar-refractivity contribution in [3.8, 4) is 0 Å². The number of carbonyl (C=O) groups excluding carboxylic acids is 1. The number of hydrogen-bond donors (Lipinski definition) is 0. The van der Waals surface area contributed by atoms with Crippen LogP contribution in [0.2, 0.25) is 0 Å². The molecule has 2 unspecified atom stereocenters. The van der Waals surface area contributed by atoms with Crippen molar-refractivity contribution in [1.29, 1.82) is 0 Å². The Morgan fingerprint density at radius 2 is 2.25 bits per heavy atom. The van der Waals surface area contributed by atoms with E-state index in [4.69, 9.17) is 0 Å². The fourth-order valence-corrected chi connectivity index (χ4v) is 2.31. The highest BCUT2D eigenvalue weighted by atomic mass is 16.2. The van der Waals surface area contributed by atoms with Crippen LogP contribution in [-0.2, 0) is 4.79 Å². The maximum absolute atomic E-state index is 11.6. The van der Waals surface area contributed by atoms with E-state index < -0.39 is 0 Å². The van der Waals surface area contributed by atoms with Crippen LogP contribution in [0.5, 0.6) is 0 Å². The molecule has 0 bridgehead atoms. The number of aromatic nitrogens is 3. The van der Waals surface area contributed by atoms with Crippen LogP contribution < -0.4 is 0 Å². The standard InChI is InChI=1S/C11H18N4O/c1-9(14-5-3-4-11(14)16)6-10(2)15-8-12-7-13-15/h7-10H,3-6H2,1-2H3. The first kappa shape index (κ1) is 11.1. The minimum Gasteiger partial charge on any atom is -0.340 e. The molecule has 1 aromatic rings. The van der Waals surface area contributed by atoms with Gasteiger partial charge in [-0.3, -0.25) is 9.48 Å². The number of carbonyl (C=O) groups is 1. The average Bonchev–Trinajstić information content (AvgIpc) is 2.86. The zero-order chi connectivity index (χ0) is 11.5. The van der Waals surface area contributed by atoms with Crippen LogP contribution >= 0.6 is 0 Å². The molecule has 1 amide bonds. The first-order chi connectivity index (χ1) is 7.68. The van der Waals surface area contributed by atoms with Gasteiger partial charge < -0.3 is 4.90 Å². The normalized spacial score (nSPS) is 20.1. The van der Waals surface area contributed by atoms with Gasteiger partial charge in [-0.25, -0.2) is 4.98 Å². The van der Waals surface area contributed by atoms with Gasteiger partial charge in [0.1, 0.15) is 12.7 Å². The maximum atomic E-state index is 11.6. The van der Waals surface area contributed by atoms with Gasteiger partial charge in [0, 0.05) is 19.0 Å². The molecule has 1 aromatic heterocycles. The van der Waals surface area contributed by atoms with Gasteiger partial charge >= 0.3 is 0 Å². The summed E-state index contributed by atoms with van der Waals surface area (Å²) < 4.78 is 1.84. The van der Waals surface area contributed by atoms with Crippen molar-refractivity contribution < 1.29 is 4.79 Å². The molecular formula is C11H18N4O. The van der Waals surface area contributed by atoms with Crippen molar-refractivity contribution in [2.75, 3.05) is 6.54 Å². The highest BCUT2D eigenvalue weighted by Gasteiger charge is 2.26. The fourth-order valence-electron chi connectivity index (χ4n) is 2.31. The molecule has 1 saturated heterocycles. The Kier molecular flexibility index (Phi) is 3.22. The topological polar surface area (TPSA) is 51.0 Å². The molecule has 2 heterocycles. The molecule has 2 rings (SSSR count). The minimum atomic E-state index is 0.283. The summed E-state index contributed by atoms with van der Waals surface area (Å²) in [5.41, 5.74) is 0. The van der Waals surface area contributed by atoms with Crippen LogP contribution in [0, 0.1) is 0 Å². The first-order valence-electron chi connectivity index (χ1n) is 5.82. The summed E-state index contributed by atoms with van der Waals surface area (Å²) >= 11 is 0. The van der Waals surface area contributed by atoms with Crippen LogP contribution in [0.4, 0.5) is 0 Å². The highest BCUT2D eigenvalue weighted by Crippen LogP contribution is 2.20. The Labute approximate surface area is 95.5 Å². The highest BCUT2D eigenvalue weighted by molar-refractivity contribution is 5.78. The molecule has 88 valence electrons. The predicted molar refractivity (Wildman–Crippen MR) is 59.8 cm³/mol. The summed E-state index contributed by atoms with van der Waals surface area (Å²) in [6, 6.07) is 0.570. The van der Waals surface area contributed by atoms with E-state index in [1.54, 1.807) is 12.7 Å². The summed E-state index contributed by atoms with van der Waals surface area (Å²) in [5, 5.41) is 4.12. The monoisotopic (exact) mass is 222 g/mol. The molecule has 2 atom stereocenters. The molecule has 1 fully saturated rings. The maximum Gasteiger partial charge on any atom is 0.222 e. The van der Waals surface area contributed by atoms with E-state index in [0.717, 1.165) is 19.4 Å². The van der Waals surface area contributed by atoms with Crippen molar-refractivity contribution >= 4 is 5.91 Å². The number of amides is 1. The smallest absolute Gasteiger partial charge is 0.222 e. The summed E-state index contributed by atoms with van der Waals surface area (Å²) in [5.74, 6) is 0.290. The SMILES string of the molecule is CC(CC(C)n1cncn1)N1CCCC1=O. The second-order valence-corrected chi connectivity index (χ2v) is 4.50. The lowest BCUT2D eigenvalue weighted by Crippen LogP contribution is -2.35. The number of rotatable bonds is 4. The Morgan fingerprint density at radius 1 is 1.44 bits per heavy atom. The van der Waals surface area contributed by atoms with Crippen LogP contribution in [0.1, 0.15) is 39.2 Å². The second kappa shape index (κ2) is 4.63. The third-order valence-electron chi connectivity index (χ3n) is 3.21. The van der Waals surface area contributed by atoms with E-state index in [1.165, 1.54) is 0 Å². The lowest BCUT2D eigenvalue weighted by atomic mass is 10.1. The fraction of sp³-hybridized carbons (Fsp3) is 0.727. The zero-order valence-corrected chi connectivity index (χ0v) is 9.83. The molecule has 0 aromatic carbocycles. The molecule has 16 heavy (non-hydrogen) atoms. The van der Waals surface area contributed by atoms with Gasteiger partial charge in [0.05, 0.1) is 6.04 Å². The quantitative estimate of drug-likeness (QED) is 0.770. The molecule has 0 spiro atoms. The molecule has 0 N–H and O–H groups in total. The molecule has 1 aliphatic rings. The molecular weight excluding hydrogens is 204 g/mol. The largest absolute Gasteiger partial charge is 0.340 e. The molecule has 5 nitrogen and oxygen atoms in total. The van der Waals surface area contributed by atoms with Gasteiger partial charge in [0.2, 0.25) is 5.91 Å². The summed E-state index contributed by atoms with van der Waals surface area (Å²) in [4.78, 5) is 17.5. The lowest BCUT2D eigenvalue weighted by Gasteiger charge is -2.26. The van der Waals surface area contributed by atoms with Gasteiger partial charge in [-0.05, 0) is 26.7 Å². The van der Waals surface area contributed by atoms with Crippen LogP contribution in [-0.4, -0.2) is 38.2 Å². The van der Waals surface area contributed by atoms with Gasteiger partial charge in [-0.1, -0.05) is 0 Å². The third kappa shape index (κ3) is 2.23. The van der Waals surface area contributed by atoms with E-state index in [1.807, 2.05) is 9.58 Å². The van der Waals surface area contributed by atoms with Gasteiger partial charge in [0.15, 0.2) is 0 Å². The number of likely N-dealkylation sites (tertiary alicyclic amines) is 1. The Bertz CT molecular complexity index is 349. The van der Waals surface area contributed by atoms with E-state index in [0.29, 0.717) is 12.3 Å². The van der Waals surface area contributed by atoms with E-state index in [9.17, 15) is 4.79 Å². The average molecular weight is 222 g/mol. The number of hydrogen-bond acceptors (Lipinski definition) is 3. The Balaban J connectivity index is 1.92. The molecule has 5 heteroatoms. The molecule has 0 saturated carbocycles. The van der Waals surface area contributed by atoms with Crippen molar-refractivity contribution in [2.45, 2.75) is 45.2 Å². The van der Waals surface area contributed by atoms with Gasteiger partial charge in [-0.15, -0.1) is 0 Å². The Hall–Kier alpha value is -1.39. The predicted octanol–water partition coefficient (Wildman–Crippen LogP) is 1.24. The van der Waals surface area contributed by atoms with Crippen molar-refractivity contribution in [3.05, 3.63) is 12.7 Å². The van der Waals surface area contributed by atoms with Crippen molar-refractivity contribution in [1.82, 2.24) is 19.7 Å². The van der Waals surface area contributed by atoms with Crippen molar-refractivity contribution in [2.24, 2.45) is 0 Å². The number of nitrogens with zero attached hydrogens (tertiary/aromatic N) is 4. The lowest BCUT2D eigenvalue weighted by molar-refractivity contribution is -0.129. The molecule has 0 radical (unpaired) electrons. The van der Waals surface area contributed by atoms with E-state index >= 15 is 0 Å². The van der Waals surface area contributed by atoms with Crippen LogP contribution in [0.25, 0.3) is 0 Å². The van der Waals surface area contributed by atoms with Crippen molar-refractivity contribution in [3.63, 3.8) is 0 Å². The first-order valence-corrected chi connectivity index (χ1v) is 5.82. The molecule has 0 aliphatic carbocycles. The van der Waals surface area contributed by atoms with Crippen LogP contribution in [0.15, 0.2) is 12.7 Å². The summed E-state index contributed by atoms with van der Waals surface area (Å²) in [6.07, 6.45) is 5.91. The van der Waals surface area contributed by atoms with Crippen LogP contribution in [0.3, 0.4) is 0 Å². The summed E-state index contributed by atoms with van der Waals surface area (Å²) in [6.45, 7) is 5.12.